The van der Waals surface area contributed by atoms with Gasteiger partial charge in [0.2, 0.25) is 5.28 Å². The molecule has 3 heterocycles. The molecule has 0 radical (unpaired) electrons. The van der Waals surface area contributed by atoms with Crippen LogP contribution in [0.1, 0.15) is 37.1 Å². The van der Waals surface area contributed by atoms with Gasteiger partial charge in [0.05, 0.1) is 11.8 Å². The number of ether oxygens (including phenoxy) is 1. The average molecular weight is 401 g/mol. The Morgan fingerprint density at radius 1 is 1.18 bits per heavy atom. The molecule has 0 saturated carbocycles. The van der Waals surface area contributed by atoms with E-state index in [1.54, 1.807) is 0 Å². The average Bonchev–Trinajstić information content (AvgIpc) is 2.67. The standard InChI is InChI=1S/C22H29ClN4O/c1-22(2)15-27(12-10-19(22)28-3)20-17-14-26(13-16-7-5-4-6-8-16)11-9-18(17)24-21(23)25-20/h4-8,19H,9-15H2,1-3H3/t19-/m1/s1. The van der Waals surface area contributed by atoms with Crippen molar-refractivity contribution in [2.75, 3.05) is 31.6 Å². The van der Waals surface area contributed by atoms with Crippen LogP contribution < -0.4 is 4.90 Å². The number of anilines is 1. The maximum absolute atomic E-state index is 6.31. The Labute approximate surface area is 172 Å². The van der Waals surface area contributed by atoms with Crippen molar-refractivity contribution in [1.82, 2.24) is 14.9 Å². The van der Waals surface area contributed by atoms with Gasteiger partial charge < -0.3 is 9.64 Å². The largest absolute Gasteiger partial charge is 0.381 e. The lowest BCUT2D eigenvalue weighted by Gasteiger charge is -2.45. The summed E-state index contributed by atoms with van der Waals surface area (Å²) in [6, 6.07) is 10.6. The molecule has 1 fully saturated rings. The van der Waals surface area contributed by atoms with Gasteiger partial charge in [-0.05, 0) is 23.6 Å². The van der Waals surface area contributed by atoms with Crippen molar-refractivity contribution < 1.29 is 4.74 Å². The predicted octanol–water partition coefficient (Wildman–Crippen LogP) is 3.94. The van der Waals surface area contributed by atoms with Gasteiger partial charge >= 0.3 is 0 Å². The molecule has 0 N–H and O–H groups in total. The van der Waals surface area contributed by atoms with Crippen molar-refractivity contribution >= 4 is 17.4 Å². The Morgan fingerprint density at radius 3 is 2.68 bits per heavy atom. The molecule has 1 saturated heterocycles. The van der Waals surface area contributed by atoms with Gasteiger partial charge in [-0.25, -0.2) is 9.97 Å². The maximum Gasteiger partial charge on any atom is 0.224 e. The lowest BCUT2D eigenvalue weighted by Crippen LogP contribution is -2.50. The van der Waals surface area contributed by atoms with E-state index >= 15 is 0 Å². The number of rotatable bonds is 4. The molecule has 6 heteroatoms. The molecule has 0 aliphatic carbocycles. The van der Waals surface area contributed by atoms with E-state index in [1.165, 1.54) is 11.1 Å². The number of nitrogens with zero attached hydrogens (tertiary/aromatic N) is 4. The minimum Gasteiger partial charge on any atom is -0.381 e. The van der Waals surface area contributed by atoms with E-state index in [9.17, 15) is 0 Å². The number of halogens is 1. The predicted molar refractivity (Wildman–Crippen MR) is 113 cm³/mol. The SMILES string of the molecule is CO[C@@H]1CCN(c2nc(Cl)nc3c2CN(Cc2ccccc2)CC3)CC1(C)C. The molecular weight excluding hydrogens is 372 g/mol. The van der Waals surface area contributed by atoms with E-state index in [-0.39, 0.29) is 11.5 Å². The van der Waals surface area contributed by atoms with Crippen LogP contribution in [-0.4, -0.2) is 47.7 Å². The smallest absolute Gasteiger partial charge is 0.224 e. The molecule has 0 spiro atoms. The highest BCUT2D eigenvalue weighted by molar-refractivity contribution is 6.28. The number of benzene rings is 1. The van der Waals surface area contributed by atoms with Crippen molar-refractivity contribution in [3.05, 3.63) is 52.4 Å². The van der Waals surface area contributed by atoms with Crippen LogP contribution in [0.3, 0.4) is 0 Å². The Morgan fingerprint density at radius 2 is 1.96 bits per heavy atom. The number of hydrogen-bond donors (Lipinski definition) is 0. The van der Waals surface area contributed by atoms with Crippen molar-refractivity contribution in [1.29, 1.82) is 0 Å². The molecule has 5 nitrogen and oxygen atoms in total. The molecule has 2 aliphatic heterocycles. The molecule has 28 heavy (non-hydrogen) atoms. The molecule has 2 aromatic rings. The first kappa shape index (κ1) is 19.6. The number of fused-ring (bicyclic) bond motifs is 1. The summed E-state index contributed by atoms with van der Waals surface area (Å²) in [5.74, 6) is 1.01. The van der Waals surface area contributed by atoms with E-state index in [0.717, 1.165) is 57.1 Å². The van der Waals surface area contributed by atoms with E-state index in [1.807, 2.05) is 7.11 Å². The lowest BCUT2D eigenvalue weighted by atomic mass is 9.81. The zero-order chi connectivity index (χ0) is 19.7. The molecule has 4 rings (SSSR count). The van der Waals surface area contributed by atoms with Crippen molar-refractivity contribution in [3.63, 3.8) is 0 Å². The van der Waals surface area contributed by atoms with Crippen molar-refractivity contribution in [2.24, 2.45) is 5.41 Å². The molecule has 150 valence electrons. The molecule has 1 aromatic heterocycles. The van der Waals surface area contributed by atoms with E-state index in [0.29, 0.717) is 5.28 Å². The Kier molecular flexibility index (Phi) is 5.59. The summed E-state index contributed by atoms with van der Waals surface area (Å²) in [6.45, 7) is 9.17. The van der Waals surface area contributed by atoms with Gasteiger partial charge in [0, 0.05) is 57.2 Å². The second kappa shape index (κ2) is 7.97. The fraction of sp³-hybridized carbons (Fsp3) is 0.545. The summed E-state index contributed by atoms with van der Waals surface area (Å²) in [4.78, 5) is 14.1. The molecular formula is C22H29ClN4O. The highest BCUT2D eigenvalue weighted by atomic mass is 35.5. The highest BCUT2D eigenvalue weighted by Crippen LogP contribution is 2.36. The third-order valence-electron chi connectivity index (χ3n) is 6.05. The summed E-state index contributed by atoms with van der Waals surface area (Å²) in [7, 11) is 1.81. The molecule has 2 aliphatic rings. The third-order valence-corrected chi connectivity index (χ3v) is 6.22. The van der Waals surface area contributed by atoms with Crippen LogP contribution in [0.15, 0.2) is 30.3 Å². The van der Waals surface area contributed by atoms with E-state index in [4.69, 9.17) is 16.3 Å². The minimum atomic E-state index is 0.0652. The lowest BCUT2D eigenvalue weighted by molar-refractivity contribution is -0.00651. The van der Waals surface area contributed by atoms with Crippen LogP contribution in [0.2, 0.25) is 5.28 Å². The Balaban J connectivity index is 1.59. The second-order valence-corrected chi connectivity index (χ2v) is 8.95. The van der Waals surface area contributed by atoms with Crippen LogP contribution in [0.5, 0.6) is 0 Å². The summed E-state index contributed by atoms with van der Waals surface area (Å²) >= 11 is 6.31. The van der Waals surface area contributed by atoms with Crippen LogP contribution >= 0.6 is 11.6 Å². The van der Waals surface area contributed by atoms with Gasteiger partial charge in [0.1, 0.15) is 5.82 Å². The Hall–Kier alpha value is -1.69. The van der Waals surface area contributed by atoms with Gasteiger partial charge in [-0.1, -0.05) is 44.2 Å². The number of hydrogen-bond acceptors (Lipinski definition) is 5. The summed E-state index contributed by atoms with van der Waals surface area (Å²) in [5.41, 5.74) is 3.74. The molecule has 1 aromatic carbocycles. The zero-order valence-corrected chi connectivity index (χ0v) is 17.7. The number of piperidine rings is 1. The molecule has 1 atom stereocenters. The fourth-order valence-corrected chi connectivity index (χ4v) is 4.80. The van der Waals surface area contributed by atoms with E-state index in [2.05, 4.69) is 63.9 Å². The maximum atomic E-state index is 6.31. The van der Waals surface area contributed by atoms with Gasteiger partial charge in [-0.2, -0.15) is 0 Å². The fourth-order valence-electron chi connectivity index (χ4n) is 4.62. The van der Waals surface area contributed by atoms with E-state index < -0.39 is 0 Å². The van der Waals surface area contributed by atoms with Crippen LogP contribution in [-0.2, 0) is 24.2 Å². The molecule has 0 unspecified atom stereocenters. The van der Waals surface area contributed by atoms with Crippen molar-refractivity contribution in [3.8, 4) is 0 Å². The summed E-state index contributed by atoms with van der Waals surface area (Å²) < 4.78 is 5.72. The van der Waals surface area contributed by atoms with Gasteiger partial charge in [0.15, 0.2) is 0 Å². The first-order valence-corrected chi connectivity index (χ1v) is 10.4. The summed E-state index contributed by atoms with van der Waals surface area (Å²) in [6.07, 6.45) is 2.18. The number of methoxy groups -OCH3 is 1. The zero-order valence-electron chi connectivity index (χ0n) is 17.0. The first-order valence-electron chi connectivity index (χ1n) is 10.1. The molecule has 0 bridgehead atoms. The third kappa shape index (κ3) is 4.02. The normalized spacial score (nSPS) is 22.1. The van der Waals surface area contributed by atoms with Gasteiger partial charge in [-0.15, -0.1) is 0 Å². The Bertz CT molecular complexity index is 827. The highest BCUT2D eigenvalue weighted by Gasteiger charge is 2.38. The van der Waals surface area contributed by atoms with Gasteiger partial charge in [-0.3, -0.25) is 4.90 Å². The van der Waals surface area contributed by atoms with Crippen LogP contribution in [0.4, 0.5) is 5.82 Å². The van der Waals surface area contributed by atoms with Crippen LogP contribution in [0.25, 0.3) is 0 Å². The quantitative estimate of drug-likeness (QED) is 0.727. The topological polar surface area (TPSA) is 41.5 Å². The first-order chi connectivity index (χ1) is 13.5. The molecule has 0 amide bonds. The van der Waals surface area contributed by atoms with Gasteiger partial charge in [0.25, 0.3) is 0 Å². The van der Waals surface area contributed by atoms with Crippen molar-refractivity contribution in [2.45, 2.75) is 45.9 Å². The second-order valence-electron chi connectivity index (χ2n) is 8.61. The minimum absolute atomic E-state index is 0.0652. The summed E-state index contributed by atoms with van der Waals surface area (Å²) in [5, 5.41) is 0.358. The number of aromatic nitrogens is 2. The monoisotopic (exact) mass is 400 g/mol. The van der Waals surface area contributed by atoms with Crippen LogP contribution in [0, 0.1) is 5.41 Å².